The van der Waals surface area contributed by atoms with Crippen molar-refractivity contribution in [1.29, 1.82) is 0 Å². The van der Waals surface area contributed by atoms with Crippen molar-refractivity contribution in [3.8, 4) is 0 Å². The minimum Gasteiger partial charge on any atom is -0.394 e. The topological polar surface area (TPSA) is 189 Å². The minimum absolute atomic E-state index is 0.257. The van der Waals surface area contributed by atoms with Crippen molar-refractivity contribution in [1.82, 2.24) is 5.32 Å². The van der Waals surface area contributed by atoms with E-state index in [0.29, 0.717) is 19.3 Å². The number of nitrogens with one attached hydrogen (secondary N) is 1. The molecule has 0 unspecified atom stereocenters. The number of carbonyl (C=O) groups excluding carboxylic acids is 1. The average Bonchev–Trinajstić information content (AvgIpc) is 3.02. The Kier molecular flexibility index (Phi) is 23.6. The van der Waals surface area contributed by atoms with Crippen molar-refractivity contribution in [2.45, 2.75) is 191 Å². The first kappa shape index (κ1) is 41.1. The number of aliphatic hydroxyl groups is 7. The molecule has 1 amide bonds. The first-order valence-corrected chi connectivity index (χ1v) is 17.4. The standard InChI is InChI=1S/C33H65NO10/c1-3-5-7-9-10-11-12-13-14-15-17-18-20-25(36)28(38)24(34-32(42)26(37)21-19-16-8-6-4-2)23-43-33-31(41)30(40)29(39)27(22-35)44-33/h24-31,33,35-41H,3-23H2,1-2H3,(H,34,42)/t24-,25+,26+,27+,28-,29-,30-,31+,33-/m0/s1. The summed E-state index contributed by atoms with van der Waals surface area (Å²) >= 11 is 0. The largest absolute Gasteiger partial charge is 0.394 e. The van der Waals surface area contributed by atoms with Crippen molar-refractivity contribution in [2.75, 3.05) is 13.2 Å². The molecule has 44 heavy (non-hydrogen) atoms. The van der Waals surface area contributed by atoms with E-state index in [1.807, 2.05) is 0 Å². The van der Waals surface area contributed by atoms with Gasteiger partial charge in [0.1, 0.15) is 36.6 Å². The Labute approximate surface area is 265 Å². The highest BCUT2D eigenvalue weighted by Gasteiger charge is 2.44. The van der Waals surface area contributed by atoms with Crippen LogP contribution in [0.2, 0.25) is 0 Å². The van der Waals surface area contributed by atoms with Crippen molar-refractivity contribution in [3.05, 3.63) is 0 Å². The number of carbonyl (C=O) groups is 1. The first-order valence-electron chi connectivity index (χ1n) is 17.4. The number of hydrogen-bond donors (Lipinski definition) is 8. The van der Waals surface area contributed by atoms with Crippen LogP contribution in [0.5, 0.6) is 0 Å². The summed E-state index contributed by atoms with van der Waals surface area (Å²) in [5.74, 6) is -0.709. The van der Waals surface area contributed by atoms with Gasteiger partial charge >= 0.3 is 0 Å². The molecule has 8 N–H and O–H groups in total. The fraction of sp³-hybridized carbons (Fsp3) is 0.970. The number of unbranched alkanes of at least 4 members (excludes halogenated alkanes) is 15. The van der Waals surface area contributed by atoms with Crippen molar-refractivity contribution < 1.29 is 50.0 Å². The molecule has 0 aliphatic carbocycles. The lowest BCUT2D eigenvalue weighted by Crippen LogP contribution is -2.60. The molecule has 262 valence electrons. The predicted molar refractivity (Wildman–Crippen MR) is 169 cm³/mol. The van der Waals surface area contributed by atoms with Gasteiger partial charge < -0.3 is 50.5 Å². The predicted octanol–water partition coefficient (Wildman–Crippen LogP) is 2.82. The van der Waals surface area contributed by atoms with Crippen LogP contribution in [0.4, 0.5) is 0 Å². The van der Waals surface area contributed by atoms with Gasteiger partial charge in [-0.3, -0.25) is 4.79 Å². The smallest absolute Gasteiger partial charge is 0.249 e. The second-order valence-electron chi connectivity index (χ2n) is 12.6. The van der Waals surface area contributed by atoms with Gasteiger partial charge in [-0.25, -0.2) is 0 Å². The minimum atomic E-state index is -1.65. The SMILES string of the molecule is CCCCCCCCCCCCCC[C@@H](O)[C@@H](O)[C@H](CO[C@H]1O[C@H](CO)[C@H](O)[C@H](O)[C@H]1O)NC(=O)[C@H](O)CCCCCCC. The summed E-state index contributed by atoms with van der Waals surface area (Å²) in [5, 5.41) is 74.6. The number of ether oxygens (including phenoxy) is 2. The Morgan fingerprint density at radius 1 is 0.705 bits per heavy atom. The zero-order valence-corrected chi connectivity index (χ0v) is 27.4. The number of hydrogen-bond acceptors (Lipinski definition) is 10. The van der Waals surface area contributed by atoms with Gasteiger partial charge in [-0.15, -0.1) is 0 Å². The zero-order chi connectivity index (χ0) is 32.7. The Balaban J connectivity index is 2.60. The molecule has 0 aromatic carbocycles. The summed E-state index contributed by atoms with van der Waals surface area (Å²) in [6, 6.07) is -1.16. The summed E-state index contributed by atoms with van der Waals surface area (Å²) in [4.78, 5) is 12.8. The molecule has 0 aromatic heterocycles. The molecule has 9 atom stereocenters. The third-order valence-electron chi connectivity index (χ3n) is 8.66. The Hall–Kier alpha value is -0.890. The monoisotopic (exact) mass is 635 g/mol. The lowest BCUT2D eigenvalue weighted by atomic mass is 9.98. The maximum Gasteiger partial charge on any atom is 0.249 e. The molecule has 1 rings (SSSR count). The Bertz CT molecular complexity index is 699. The van der Waals surface area contributed by atoms with Gasteiger partial charge in [-0.1, -0.05) is 123 Å². The highest BCUT2D eigenvalue weighted by Crippen LogP contribution is 2.23. The third-order valence-corrected chi connectivity index (χ3v) is 8.66. The first-order chi connectivity index (χ1) is 21.2. The second-order valence-corrected chi connectivity index (χ2v) is 12.6. The van der Waals surface area contributed by atoms with Crippen LogP contribution in [0.3, 0.4) is 0 Å². The van der Waals surface area contributed by atoms with Crippen LogP contribution in [-0.4, -0.2) is 110 Å². The average molecular weight is 636 g/mol. The quantitative estimate of drug-likeness (QED) is 0.0623. The van der Waals surface area contributed by atoms with E-state index in [4.69, 9.17) is 9.47 Å². The van der Waals surface area contributed by atoms with Crippen molar-refractivity contribution >= 4 is 5.91 Å². The van der Waals surface area contributed by atoms with Crippen LogP contribution in [0.15, 0.2) is 0 Å². The summed E-state index contributed by atoms with van der Waals surface area (Å²) < 4.78 is 10.9. The van der Waals surface area contributed by atoms with E-state index < -0.39 is 74.2 Å². The second kappa shape index (κ2) is 25.2. The molecule has 0 saturated carbocycles. The van der Waals surface area contributed by atoms with Crippen LogP contribution in [0.1, 0.15) is 136 Å². The molecule has 1 saturated heterocycles. The van der Waals surface area contributed by atoms with Crippen LogP contribution in [-0.2, 0) is 14.3 Å². The van der Waals surface area contributed by atoms with E-state index >= 15 is 0 Å². The molecule has 11 nitrogen and oxygen atoms in total. The number of aliphatic hydroxyl groups excluding tert-OH is 7. The lowest BCUT2D eigenvalue weighted by molar-refractivity contribution is -0.303. The van der Waals surface area contributed by atoms with E-state index in [0.717, 1.165) is 44.9 Å². The Morgan fingerprint density at radius 2 is 1.18 bits per heavy atom. The van der Waals surface area contributed by atoms with E-state index in [2.05, 4.69) is 19.2 Å². The molecule has 0 radical (unpaired) electrons. The molecular formula is C33H65NO10. The van der Waals surface area contributed by atoms with Crippen molar-refractivity contribution in [3.63, 3.8) is 0 Å². The molecule has 1 fully saturated rings. The highest BCUT2D eigenvalue weighted by atomic mass is 16.7. The normalized spacial score (nSPS) is 25.0. The van der Waals surface area contributed by atoms with Gasteiger partial charge in [0, 0.05) is 0 Å². The van der Waals surface area contributed by atoms with Gasteiger partial charge in [0.2, 0.25) is 5.91 Å². The maximum absolute atomic E-state index is 12.8. The van der Waals surface area contributed by atoms with E-state index in [1.165, 1.54) is 51.4 Å². The van der Waals surface area contributed by atoms with Gasteiger partial charge in [0.05, 0.1) is 25.4 Å². The number of rotatable bonds is 27. The zero-order valence-electron chi connectivity index (χ0n) is 27.4. The molecule has 0 aromatic rings. The van der Waals surface area contributed by atoms with E-state index in [9.17, 15) is 40.5 Å². The van der Waals surface area contributed by atoms with Gasteiger partial charge in [-0.05, 0) is 12.8 Å². The lowest BCUT2D eigenvalue weighted by Gasteiger charge is -2.40. The molecule has 1 aliphatic rings. The summed E-state index contributed by atoms with van der Waals surface area (Å²) in [7, 11) is 0. The van der Waals surface area contributed by atoms with Gasteiger partial charge in [0.25, 0.3) is 0 Å². The van der Waals surface area contributed by atoms with Crippen LogP contribution < -0.4 is 5.32 Å². The molecule has 11 heteroatoms. The van der Waals surface area contributed by atoms with Crippen LogP contribution in [0, 0.1) is 0 Å². The summed E-state index contributed by atoms with van der Waals surface area (Å²) in [6.07, 6.45) is 7.96. The fourth-order valence-corrected chi connectivity index (χ4v) is 5.61. The Morgan fingerprint density at radius 3 is 1.68 bits per heavy atom. The fourth-order valence-electron chi connectivity index (χ4n) is 5.61. The van der Waals surface area contributed by atoms with E-state index in [1.54, 1.807) is 0 Å². The summed E-state index contributed by atoms with van der Waals surface area (Å²) in [5.41, 5.74) is 0. The molecular weight excluding hydrogens is 570 g/mol. The third kappa shape index (κ3) is 16.6. The molecule has 1 heterocycles. The summed E-state index contributed by atoms with van der Waals surface area (Å²) in [6.45, 7) is 3.28. The number of amides is 1. The molecule has 1 aliphatic heterocycles. The molecule has 0 spiro atoms. The van der Waals surface area contributed by atoms with E-state index in [-0.39, 0.29) is 6.42 Å². The van der Waals surface area contributed by atoms with Crippen LogP contribution in [0.25, 0.3) is 0 Å². The van der Waals surface area contributed by atoms with Gasteiger partial charge in [0.15, 0.2) is 6.29 Å². The highest BCUT2D eigenvalue weighted by molar-refractivity contribution is 5.80. The maximum atomic E-state index is 12.8. The van der Waals surface area contributed by atoms with Gasteiger partial charge in [-0.2, -0.15) is 0 Å². The van der Waals surface area contributed by atoms with Crippen LogP contribution >= 0.6 is 0 Å². The molecule has 0 bridgehead atoms. The van der Waals surface area contributed by atoms with Crippen molar-refractivity contribution in [2.24, 2.45) is 0 Å².